The van der Waals surface area contributed by atoms with Crippen LogP contribution in [0.3, 0.4) is 0 Å². The van der Waals surface area contributed by atoms with E-state index in [9.17, 15) is 4.79 Å². The van der Waals surface area contributed by atoms with Crippen molar-refractivity contribution in [3.8, 4) is 0 Å². The van der Waals surface area contributed by atoms with Gasteiger partial charge in [-0.1, -0.05) is 23.7 Å². The van der Waals surface area contributed by atoms with Crippen LogP contribution in [-0.2, 0) is 11.3 Å². The van der Waals surface area contributed by atoms with Crippen molar-refractivity contribution in [1.82, 2.24) is 10.3 Å². The topological polar surface area (TPSA) is 50.9 Å². The SMILES string of the molecule is Cc1ccc2cc(C[NH+]3CCC[NH+](CC(=O)NC(C)(C)C)CC3)c(Cl)nc2c1C. The number of hydrogen-bond acceptors (Lipinski definition) is 2. The third kappa shape index (κ3) is 5.91. The van der Waals surface area contributed by atoms with Crippen LogP contribution >= 0.6 is 11.6 Å². The number of carbonyl (C=O) groups is 1. The van der Waals surface area contributed by atoms with Crippen molar-refractivity contribution in [1.29, 1.82) is 0 Å². The van der Waals surface area contributed by atoms with Crippen LogP contribution in [0.25, 0.3) is 10.9 Å². The Bertz CT molecular complexity index is 891. The number of carbonyl (C=O) groups excluding carboxylic acids is 1. The van der Waals surface area contributed by atoms with Crippen molar-refractivity contribution in [3.63, 3.8) is 0 Å². The van der Waals surface area contributed by atoms with E-state index in [1.807, 2.05) is 20.8 Å². The number of benzene rings is 1. The molecule has 6 heteroatoms. The molecule has 158 valence electrons. The molecule has 3 rings (SSSR count). The molecule has 0 bridgehead atoms. The molecule has 2 atom stereocenters. The third-order valence-corrected chi connectivity index (χ3v) is 6.12. The predicted molar refractivity (Wildman–Crippen MR) is 119 cm³/mol. The maximum absolute atomic E-state index is 12.3. The molecule has 5 nitrogen and oxygen atoms in total. The number of rotatable bonds is 4. The van der Waals surface area contributed by atoms with Crippen LogP contribution in [0.5, 0.6) is 0 Å². The summed E-state index contributed by atoms with van der Waals surface area (Å²) in [4.78, 5) is 19.9. The fraction of sp³-hybridized carbons (Fsp3) is 0.565. The minimum absolute atomic E-state index is 0.142. The second-order valence-electron chi connectivity index (χ2n) is 9.52. The lowest BCUT2D eigenvalue weighted by atomic mass is 10.0. The van der Waals surface area contributed by atoms with E-state index in [-0.39, 0.29) is 11.4 Å². The normalized spacial score (nSPS) is 20.5. The Morgan fingerprint density at radius 3 is 2.55 bits per heavy atom. The molecule has 2 aromatic rings. The van der Waals surface area contributed by atoms with Gasteiger partial charge in [0.1, 0.15) is 24.8 Å². The number of quaternary nitrogens is 2. The highest BCUT2D eigenvalue weighted by Crippen LogP contribution is 2.24. The molecule has 0 spiro atoms. The van der Waals surface area contributed by atoms with Gasteiger partial charge in [-0.3, -0.25) is 4.79 Å². The maximum Gasteiger partial charge on any atom is 0.275 e. The van der Waals surface area contributed by atoms with E-state index in [1.54, 1.807) is 0 Å². The van der Waals surface area contributed by atoms with E-state index in [1.165, 1.54) is 20.9 Å². The minimum Gasteiger partial charge on any atom is -0.347 e. The predicted octanol–water partition coefficient (Wildman–Crippen LogP) is 1.09. The summed E-state index contributed by atoms with van der Waals surface area (Å²) in [7, 11) is 0. The van der Waals surface area contributed by atoms with Gasteiger partial charge in [0, 0.05) is 22.9 Å². The quantitative estimate of drug-likeness (QED) is 0.651. The fourth-order valence-electron chi connectivity index (χ4n) is 4.13. The average molecular weight is 419 g/mol. The number of pyridine rings is 1. The number of halogens is 1. The van der Waals surface area contributed by atoms with Gasteiger partial charge in [-0.2, -0.15) is 0 Å². The standard InChI is InChI=1S/C23H33ClN4O/c1-16-7-8-18-13-19(22(24)25-21(18)17(16)2)14-27-9-6-10-28(12-11-27)15-20(29)26-23(3,4)5/h7-8,13H,6,9-12,14-15H2,1-5H3,(H,26,29)/p+2. The van der Waals surface area contributed by atoms with Gasteiger partial charge < -0.3 is 15.1 Å². The Labute approximate surface area is 179 Å². The number of aryl methyl sites for hydroxylation is 2. The first kappa shape index (κ1) is 22.0. The smallest absolute Gasteiger partial charge is 0.275 e. The Morgan fingerprint density at radius 2 is 1.83 bits per heavy atom. The number of nitrogens with one attached hydrogen (secondary N) is 3. The van der Waals surface area contributed by atoms with Crippen LogP contribution < -0.4 is 15.1 Å². The van der Waals surface area contributed by atoms with E-state index in [4.69, 9.17) is 16.6 Å². The number of hydrogen-bond donors (Lipinski definition) is 3. The summed E-state index contributed by atoms with van der Waals surface area (Å²) in [5, 5.41) is 4.86. The van der Waals surface area contributed by atoms with Gasteiger partial charge in [-0.15, -0.1) is 0 Å². The first-order valence-corrected chi connectivity index (χ1v) is 11.0. The number of aromatic nitrogens is 1. The summed E-state index contributed by atoms with van der Waals surface area (Å²) in [6.45, 7) is 15.9. The average Bonchev–Trinajstić information content (AvgIpc) is 2.83. The molecule has 3 N–H and O–H groups in total. The lowest BCUT2D eigenvalue weighted by Crippen LogP contribution is -3.17. The molecular weight excluding hydrogens is 384 g/mol. The second-order valence-corrected chi connectivity index (χ2v) is 9.88. The third-order valence-electron chi connectivity index (χ3n) is 5.80. The minimum atomic E-state index is -0.170. The maximum atomic E-state index is 12.3. The Hall–Kier alpha value is -1.69. The molecule has 1 aliphatic rings. The lowest BCUT2D eigenvalue weighted by molar-refractivity contribution is -0.942. The summed E-state index contributed by atoms with van der Waals surface area (Å²) < 4.78 is 0. The first-order valence-electron chi connectivity index (χ1n) is 10.7. The molecule has 1 aromatic carbocycles. The summed E-state index contributed by atoms with van der Waals surface area (Å²) in [5.74, 6) is 0.142. The van der Waals surface area contributed by atoms with E-state index in [0.717, 1.165) is 55.6 Å². The van der Waals surface area contributed by atoms with Gasteiger partial charge in [0.2, 0.25) is 0 Å². The monoisotopic (exact) mass is 418 g/mol. The first-order chi connectivity index (χ1) is 13.6. The molecule has 0 saturated carbocycles. The van der Waals surface area contributed by atoms with E-state index in [0.29, 0.717) is 11.7 Å². The zero-order valence-corrected chi connectivity index (χ0v) is 19.2. The van der Waals surface area contributed by atoms with Crippen molar-refractivity contribution in [2.45, 2.75) is 53.1 Å². The van der Waals surface area contributed by atoms with Crippen molar-refractivity contribution in [2.24, 2.45) is 0 Å². The molecule has 0 radical (unpaired) electrons. The molecule has 1 saturated heterocycles. The van der Waals surface area contributed by atoms with E-state index >= 15 is 0 Å². The van der Waals surface area contributed by atoms with Crippen LogP contribution in [0.4, 0.5) is 0 Å². The molecule has 1 aliphatic heterocycles. The van der Waals surface area contributed by atoms with Crippen LogP contribution in [0.15, 0.2) is 18.2 Å². The molecule has 0 aliphatic carbocycles. The van der Waals surface area contributed by atoms with Crippen molar-refractivity contribution in [2.75, 3.05) is 32.7 Å². The highest BCUT2D eigenvalue weighted by atomic mass is 35.5. The summed E-state index contributed by atoms with van der Waals surface area (Å²) >= 11 is 6.56. The fourth-order valence-corrected chi connectivity index (χ4v) is 4.34. The Kier molecular flexibility index (Phi) is 6.82. The van der Waals surface area contributed by atoms with Crippen LogP contribution in [0, 0.1) is 13.8 Å². The molecule has 1 fully saturated rings. The highest BCUT2D eigenvalue weighted by Gasteiger charge is 2.25. The van der Waals surface area contributed by atoms with Gasteiger partial charge >= 0.3 is 0 Å². The summed E-state index contributed by atoms with van der Waals surface area (Å²) in [6, 6.07) is 6.50. The van der Waals surface area contributed by atoms with Gasteiger partial charge in [-0.25, -0.2) is 4.98 Å². The highest BCUT2D eigenvalue weighted by molar-refractivity contribution is 6.30. The molecule has 29 heavy (non-hydrogen) atoms. The lowest BCUT2D eigenvalue weighted by Gasteiger charge is -2.22. The molecular formula is C23H35ClN4O+2. The molecule has 2 unspecified atom stereocenters. The second kappa shape index (κ2) is 8.99. The summed E-state index contributed by atoms with van der Waals surface area (Å²) in [6.07, 6.45) is 1.12. The van der Waals surface area contributed by atoms with E-state index in [2.05, 4.69) is 37.4 Å². The van der Waals surface area contributed by atoms with Crippen LogP contribution in [0.1, 0.15) is 43.9 Å². The van der Waals surface area contributed by atoms with Crippen molar-refractivity contribution in [3.05, 3.63) is 40.0 Å². The van der Waals surface area contributed by atoms with Gasteiger partial charge in [0.25, 0.3) is 5.91 Å². The Morgan fingerprint density at radius 1 is 1.14 bits per heavy atom. The molecule has 1 aromatic heterocycles. The van der Waals surface area contributed by atoms with Crippen molar-refractivity contribution >= 4 is 28.4 Å². The zero-order chi connectivity index (χ0) is 21.2. The van der Waals surface area contributed by atoms with Gasteiger partial charge in [0.15, 0.2) is 6.54 Å². The largest absolute Gasteiger partial charge is 0.347 e. The van der Waals surface area contributed by atoms with Gasteiger partial charge in [-0.05, 0) is 51.8 Å². The molecule has 1 amide bonds. The number of fused-ring (bicyclic) bond motifs is 1. The van der Waals surface area contributed by atoms with Crippen molar-refractivity contribution < 1.29 is 14.6 Å². The van der Waals surface area contributed by atoms with Crippen LogP contribution in [0.2, 0.25) is 5.15 Å². The summed E-state index contributed by atoms with van der Waals surface area (Å²) in [5.41, 5.74) is 4.39. The van der Waals surface area contributed by atoms with Crippen LogP contribution in [-0.4, -0.2) is 49.2 Å². The Balaban J connectivity index is 1.64. The van der Waals surface area contributed by atoms with E-state index < -0.39 is 0 Å². The zero-order valence-electron chi connectivity index (χ0n) is 18.4. The number of nitrogens with zero attached hydrogens (tertiary/aromatic N) is 1. The number of amides is 1. The molecule has 2 heterocycles. The van der Waals surface area contributed by atoms with Gasteiger partial charge in [0.05, 0.1) is 18.6 Å².